The number of anilines is 2. The van der Waals surface area contributed by atoms with Crippen LogP contribution >= 0.6 is 11.8 Å². The van der Waals surface area contributed by atoms with Crippen molar-refractivity contribution in [2.24, 2.45) is 11.3 Å². The molecule has 0 atom stereocenters. The second-order valence-electron chi connectivity index (χ2n) is 10.3. The molecule has 1 aromatic heterocycles. The van der Waals surface area contributed by atoms with Crippen LogP contribution in [-0.4, -0.2) is 21.3 Å². The summed E-state index contributed by atoms with van der Waals surface area (Å²) >= 11 is 1.75. The summed E-state index contributed by atoms with van der Waals surface area (Å²) in [6.45, 7) is 8.00. The van der Waals surface area contributed by atoms with Gasteiger partial charge in [-0.1, -0.05) is 78.7 Å². The molecule has 0 unspecified atom stereocenters. The number of carbonyl (C=O) groups is 1. The van der Waals surface area contributed by atoms with Crippen LogP contribution < -0.4 is 5.32 Å². The van der Waals surface area contributed by atoms with E-state index in [2.05, 4.69) is 29.4 Å². The van der Waals surface area contributed by atoms with Crippen molar-refractivity contribution >= 4 is 29.2 Å². The van der Waals surface area contributed by atoms with Crippen molar-refractivity contribution < 1.29 is 14.3 Å². The number of nitrogens with zero attached hydrogens (tertiary/aromatic N) is 1. The number of H-pyrrole nitrogens is 1. The van der Waals surface area contributed by atoms with Gasteiger partial charge in [0, 0.05) is 23.1 Å². The van der Waals surface area contributed by atoms with E-state index in [9.17, 15) is 9.18 Å². The van der Waals surface area contributed by atoms with Gasteiger partial charge in [0.2, 0.25) is 0 Å². The summed E-state index contributed by atoms with van der Waals surface area (Å²) in [5, 5.41) is 17.5. The van der Waals surface area contributed by atoms with Crippen molar-refractivity contribution in [2.45, 2.75) is 97.0 Å². The van der Waals surface area contributed by atoms with Crippen LogP contribution in [0, 0.1) is 17.2 Å². The zero-order chi connectivity index (χ0) is 25.0. The average Bonchev–Trinajstić information content (AvgIpc) is 3.60. The highest BCUT2D eigenvalue weighted by Gasteiger charge is 2.22. The van der Waals surface area contributed by atoms with E-state index in [-0.39, 0.29) is 11.7 Å². The molecule has 2 aromatic rings. The van der Waals surface area contributed by atoms with Crippen LogP contribution in [0.1, 0.15) is 96.6 Å². The highest BCUT2D eigenvalue weighted by molar-refractivity contribution is 7.98. The first-order chi connectivity index (χ1) is 16.2. The predicted octanol–water partition coefficient (Wildman–Crippen LogP) is 8.30. The fraction of sp³-hybridized carbons (Fsp3) is 0.630. The maximum absolute atomic E-state index is 14.1. The van der Waals surface area contributed by atoms with Crippen molar-refractivity contribution in [3.8, 4) is 0 Å². The van der Waals surface area contributed by atoms with Crippen molar-refractivity contribution in [3.05, 3.63) is 41.3 Å². The second kappa shape index (κ2) is 14.4. The van der Waals surface area contributed by atoms with Gasteiger partial charge in [-0.3, -0.25) is 9.89 Å². The molecule has 2 aliphatic carbocycles. The van der Waals surface area contributed by atoms with Gasteiger partial charge in [-0.05, 0) is 29.9 Å². The van der Waals surface area contributed by atoms with E-state index in [0.29, 0.717) is 16.9 Å². The highest BCUT2D eigenvalue weighted by Crippen LogP contribution is 2.36. The molecule has 0 saturated heterocycles. The summed E-state index contributed by atoms with van der Waals surface area (Å²) in [7, 11) is 0. The van der Waals surface area contributed by atoms with Gasteiger partial charge in [0.05, 0.1) is 17.8 Å². The molecule has 1 aliphatic heterocycles. The summed E-state index contributed by atoms with van der Waals surface area (Å²) < 4.78 is 14.1. The van der Waals surface area contributed by atoms with Crippen molar-refractivity contribution in [1.29, 1.82) is 0 Å². The summed E-state index contributed by atoms with van der Waals surface area (Å²) in [4.78, 5) is 9.70. The molecule has 2 saturated carbocycles. The number of thioether (sulfide) groups is 1. The van der Waals surface area contributed by atoms with E-state index in [0.717, 1.165) is 22.6 Å². The molecule has 1 aromatic carbocycles. The van der Waals surface area contributed by atoms with Crippen molar-refractivity contribution in [2.75, 3.05) is 5.32 Å². The normalized spacial score (nSPS) is 17.5. The number of nitrogens with one attached hydrogen (secondary N) is 2. The molecule has 2 fully saturated rings. The molecular formula is C27H42FN3O2S. The van der Waals surface area contributed by atoms with Gasteiger partial charge in [0.1, 0.15) is 5.82 Å². The van der Waals surface area contributed by atoms with Crippen molar-refractivity contribution in [1.82, 2.24) is 10.2 Å². The number of hydrogen-bond donors (Lipinski definition) is 3. The van der Waals surface area contributed by atoms with E-state index in [1.54, 1.807) is 43.9 Å². The first kappa shape index (κ1) is 28.2. The number of aromatic amines is 1. The van der Waals surface area contributed by atoms with Gasteiger partial charge in [0.15, 0.2) is 5.82 Å². The minimum absolute atomic E-state index is 0.142. The van der Waals surface area contributed by atoms with Crippen LogP contribution in [0.25, 0.3) is 0 Å². The van der Waals surface area contributed by atoms with Crippen LogP contribution in [0.2, 0.25) is 0 Å². The Kier molecular flexibility index (Phi) is 11.9. The number of halogens is 1. The lowest BCUT2D eigenvalue weighted by atomic mass is 9.92. The van der Waals surface area contributed by atoms with Gasteiger partial charge in [-0.2, -0.15) is 16.9 Å². The number of benzene rings is 1. The van der Waals surface area contributed by atoms with E-state index in [1.165, 1.54) is 57.8 Å². The van der Waals surface area contributed by atoms with Crippen LogP contribution in [-0.2, 0) is 16.3 Å². The quantitative estimate of drug-likeness (QED) is 0.402. The molecule has 5 nitrogen and oxygen atoms in total. The van der Waals surface area contributed by atoms with E-state index in [1.807, 2.05) is 6.07 Å². The lowest BCUT2D eigenvalue weighted by Gasteiger charge is -2.13. The Bertz CT molecular complexity index is 849. The summed E-state index contributed by atoms with van der Waals surface area (Å²) in [5.74, 6) is 1.26. The first-order valence-electron chi connectivity index (χ1n) is 12.6. The number of carboxylic acid groups (broad SMARTS) is 1. The minimum Gasteiger partial charge on any atom is -0.481 e. The SMILES string of the molecule is C1CCCC1.CC(C)C(=O)O.CC1(C)CCCC1.Fc1c(Nc2ccn[nH]2)ccc2c1CSC2. The van der Waals surface area contributed by atoms with Gasteiger partial charge in [-0.15, -0.1) is 0 Å². The van der Waals surface area contributed by atoms with Crippen LogP contribution in [0.15, 0.2) is 24.4 Å². The third kappa shape index (κ3) is 10.1. The molecule has 5 rings (SSSR count). The van der Waals surface area contributed by atoms with Crippen LogP contribution in [0.4, 0.5) is 15.9 Å². The molecular weight excluding hydrogens is 449 g/mol. The lowest BCUT2D eigenvalue weighted by molar-refractivity contribution is -0.140. The maximum Gasteiger partial charge on any atom is 0.305 e. The molecule has 2 heterocycles. The second-order valence-corrected chi connectivity index (χ2v) is 11.3. The maximum atomic E-state index is 14.1. The van der Waals surface area contributed by atoms with Crippen LogP contribution in [0.5, 0.6) is 0 Å². The van der Waals surface area contributed by atoms with Crippen molar-refractivity contribution in [3.63, 3.8) is 0 Å². The molecule has 3 aliphatic rings. The Hall–Kier alpha value is -2.02. The number of fused-ring (bicyclic) bond motifs is 1. The Morgan fingerprint density at radius 2 is 1.65 bits per heavy atom. The number of hydrogen-bond acceptors (Lipinski definition) is 4. The van der Waals surface area contributed by atoms with Gasteiger partial charge in [-0.25, -0.2) is 4.39 Å². The molecule has 0 radical (unpaired) electrons. The largest absolute Gasteiger partial charge is 0.481 e. The summed E-state index contributed by atoms with van der Waals surface area (Å²) in [6, 6.07) is 5.53. The van der Waals surface area contributed by atoms with Crippen LogP contribution in [0.3, 0.4) is 0 Å². The number of rotatable bonds is 3. The lowest BCUT2D eigenvalue weighted by Crippen LogP contribution is -2.03. The Balaban J connectivity index is 0.000000188. The molecule has 7 heteroatoms. The minimum atomic E-state index is -0.741. The fourth-order valence-electron chi connectivity index (χ4n) is 4.00. The number of aliphatic carboxylic acids is 1. The Labute approximate surface area is 208 Å². The average molecular weight is 492 g/mol. The summed E-state index contributed by atoms with van der Waals surface area (Å²) in [5.41, 5.74) is 3.14. The predicted molar refractivity (Wildman–Crippen MR) is 141 cm³/mol. The molecule has 190 valence electrons. The number of carboxylic acids is 1. The standard InChI is InChI=1S/C11H10FN3S.C7H14.C5H10.C4H8O2/c12-11-8-6-16-5-7(8)1-2-9(11)14-10-3-4-13-15-10;1-7(2)5-3-4-6-7;1-2-4-5-3-1;1-3(2)4(5)6/h1-4H,5-6H2,(H2,13,14,15);3-6H2,1-2H3;1-5H2;3H,1-2H3,(H,5,6). The van der Waals surface area contributed by atoms with Gasteiger partial charge in [0.25, 0.3) is 0 Å². The van der Waals surface area contributed by atoms with E-state index < -0.39 is 5.97 Å². The molecule has 0 spiro atoms. The third-order valence-corrected chi connectivity index (χ3v) is 7.32. The van der Waals surface area contributed by atoms with Gasteiger partial charge < -0.3 is 10.4 Å². The van der Waals surface area contributed by atoms with E-state index in [4.69, 9.17) is 5.11 Å². The third-order valence-electron chi connectivity index (χ3n) is 6.32. The molecule has 34 heavy (non-hydrogen) atoms. The Morgan fingerprint density at radius 3 is 2.09 bits per heavy atom. The summed E-state index contributed by atoms with van der Waals surface area (Å²) in [6.07, 6.45) is 15.0. The molecule has 0 amide bonds. The monoisotopic (exact) mass is 491 g/mol. The molecule has 0 bridgehead atoms. The topological polar surface area (TPSA) is 78.0 Å². The van der Waals surface area contributed by atoms with E-state index >= 15 is 0 Å². The zero-order valence-corrected chi connectivity index (χ0v) is 22.1. The fourth-order valence-corrected chi connectivity index (χ4v) is 5.11. The smallest absolute Gasteiger partial charge is 0.305 e. The Morgan fingerprint density at radius 1 is 1.06 bits per heavy atom. The highest BCUT2D eigenvalue weighted by atomic mass is 32.2. The molecule has 3 N–H and O–H groups in total. The zero-order valence-electron chi connectivity index (χ0n) is 21.3. The van der Waals surface area contributed by atoms with Gasteiger partial charge >= 0.3 is 5.97 Å². The first-order valence-corrected chi connectivity index (χ1v) is 13.7. The number of aromatic nitrogens is 2.